The number of nitrogens with two attached hydrogens (primary N) is 1. The molecule has 116 valence electrons. The van der Waals surface area contributed by atoms with E-state index in [-0.39, 0.29) is 11.2 Å². The minimum absolute atomic E-state index is 0.202. The fourth-order valence-corrected chi connectivity index (χ4v) is 3.62. The highest BCUT2D eigenvalue weighted by Gasteiger charge is 2.41. The summed E-state index contributed by atoms with van der Waals surface area (Å²) in [6, 6.07) is 8.84. The molecule has 2 aromatic carbocycles. The highest BCUT2D eigenvalue weighted by molar-refractivity contribution is 6.32. The number of methoxy groups -OCH3 is 1. The molecule has 1 aliphatic heterocycles. The smallest absolute Gasteiger partial charge is 0.178 e. The Labute approximate surface area is 134 Å². The second kappa shape index (κ2) is 5.06. The van der Waals surface area contributed by atoms with Gasteiger partial charge in [0, 0.05) is 22.5 Å². The van der Waals surface area contributed by atoms with Gasteiger partial charge in [0.1, 0.15) is 0 Å². The lowest BCUT2D eigenvalue weighted by Crippen LogP contribution is -2.25. The average molecular weight is 321 g/mol. The number of rotatable bonds is 2. The van der Waals surface area contributed by atoms with Crippen LogP contribution < -0.4 is 15.4 Å². The lowest BCUT2D eigenvalue weighted by molar-refractivity contribution is 0.387. The van der Waals surface area contributed by atoms with E-state index in [4.69, 9.17) is 22.1 Å². The topological polar surface area (TPSA) is 38.5 Å². The molecule has 0 bridgehead atoms. The highest BCUT2D eigenvalue weighted by atomic mass is 35.5. The number of hydrogen-bond donors (Lipinski definition) is 1. The van der Waals surface area contributed by atoms with Crippen LogP contribution in [0.4, 0.5) is 21.5 Å². The molecule has 0 amide bonds. The van der Waals surface area contributed by atoms with Crippen molar-refractivity contribution in [3.8, 4) is 5.75 Å². The van der Waals surface area contributed by atoms with Gasteiger partial charge < -0.3 is 15.4 Å². The minimum atomic E-state index is -0.469. The third-order valence-electron chi connectivity index (χ3n) is 4.09. The van der Waals surface area contributed by atoms with Crippen molar-refractivity contribution in [2.45, 2.75) is 19.3 Å². The van der Waals surface area contributed by atoms with Crippen molar-refractivity contribution in [3.05, 3.63) is 46.7 Å². The molecule has 0 aliphatic carbocycles. The normalized spacial score (nSPS) is 15.8. The molecule has 0 radical (unpaired) electrons. The molecule has 0 spiro atoms. The summed E-state index contributed by atoms with van der Waals surface area (Å²) in [5.74, 6) is -0.267. The fourth-order valence-electron chi connectivity index (χ4n) is 3.18. The predicted octanol–water partition coefficient (Wildman–Crippen LogP) is 4.50. The van der Waals surface area contributed by atoms with Crippen molar-refractivity contribution in [1.82, 2.24) is 0 Å². The van der Waals surface area contributed by atoms with Gasteiger partial charge in [-0.2, -0.15) is 0 Å². The number of nitrogen functional groups attached to an aromatic ring is 1. The van der Waals surface area contributed by atoms with Crippen LogP contribution in [-0.2, 0) is 5.41 Å². The first-order chi connectivity index (χ1) is 10.4. The van der Waals surface area contributed by atoms with E-state index in [1.165, 1.54) is 13.2 Å². The van der Waals surface area contributed by atoms with Gasteiger partial charge in [0.2, 0.25) is 0 Å². The van der Waals surface area contributed by atoms with E-state index in [2.05, 4.69) is 13.8 Å². The van der Waals surface area contributed by atoms with Gasteiger partial charge in [-0.1, -0.05) is 37.6 Å². The molecule has 5 heteroatoms. The molecule has 2 N–H and O–H groups in total. The van der Waals surface area contributed by atoms with Crippen LogP contribution in [0.5, 0.6) is 5.75 Å². The zero-order valence-corrected chi connectivity index (χ0v) is 13.5. The van der Waals surface area contributed by atoms with Gasteiger partial charge in [0.15, 0.2) is 11.6 Å². The third-order valence-corrected chi connectivity index (χ3v) is 4.39. The first-order valence-corrected chi connectivity index (χ1v) is 7.43. The van der Waals surface area contributed by atoms with Crippen molar-refractivity contribution < 1.29 is 9.13 Å². The average Bonchev–Trinajstić information content (AvgIpc) is 2.72. The van der Waals surface area contributed by atoms with E-state index in [1.54, 1.807) is 0 Å². The van der Waals surface area contributed by atoms with E-state index in [1.807, 2.05) is 29.2 Å². The molecule has 0 atom stereocenters. The monoisotopic (exact) mass is 320 g/mol. The van der Waals surface area contributed by atoms with Crippen molar-refractivity contribution in [3.63, 3.8) is 0 Å². The van der Waals surface area contributed by atoms with E-state index >= 15 is 0 Å². The fraction of sp³-hybridized carbons (Fsp3) is 0.294. The van der Waals surface area contributed by atoms with Gasteiger partial charge in [-0.25, -0.2) is 4.39 Å². The van der Waals surface area contributed by atoms with Gasteiger partial charge in [-0.05, 0) is 18.2 Å². The molecule has 3 rings (SSSR count). The second-order valence-electron chi connectivity index (χ2n) is 6.13. The van der Waals surface area contributed by atoms with Crippen LogP contribution in [0.3, 0.4) is 0 Å². The molecule has 0 fully saturated rings. The second-order valence-corrected chi connectivity index (χ2v) is 6.53. The van der Waals surface area contributed by atoms with Crippen LogP contribution in [0.1, 0.15) is 19.4 Å². The van der Waals surface area contributed by atoms with Crippen LogP contribution in [0.15, 0.2) is 30.3 Å². The van der Waals surface area contributed by atoms with Gasteiger partial charge in [-0.15, -0.1) is 0 Å². The van der Waals surface area contributed by atoms with Crippen molar-refractivity contribution in [2.75, 3.05) is 24.3 Å². The number of hydrogen-bond acceptors (Lipinski definition) is 3. The molecular formula is C17H18ClFN2O. The van der Waals surface area contributed by atoms with E-state index in [0.29, 0.717) is 22.9 Å². The first-order valence-electron chi connectivity index (χ1n) is 7.05. The third kappa shape index (κ3) is 2.10. The summed E-state index contributed by atoms with van der Waals surface area (Å²) in [6.07, 6.45) is 0. The lowest BCUT2D eigenvalue weighted by Gasteiger charge is -2.24. The molecule has 1 heterocycles. The summed E-state index contributed by atoms with van der Waals surface area (Å²) in [5.41, 5.74) is 8.87. The number of nitrogens with zero attached hydrogens (tertiary/aromatic N) is 1. The Kier molecular flexibility index (Phi) is 3.44. The van der Waals surface area contributed by atoms with E-state index < -0.39 is 5.82 Å². The Morgan fingerprint density at radius 2 is 2.00 bits per heavy atom. The Bertz CT molecular complexity index is 746. The molecule has 2 aromatic rings. The Morgan fingerprint density at radius 3 is 2.64 bits per heavy atom. The maximum Gasteiger partial charge on any atom is 0.178 e. The first kappa shape index (κ1) is 15.0. The van der Waals surface area contributed by atoms with Crippen LogP contribution in [0.2, 0.25) is 5.02 Å². The molecule has 0 saturated heterocycles. The van der Waals surface area contributed by atoms with Gasteiger partial charge in [-0.3, -0.25) is 0 Å². The summed E-state index contributed by atoms with van der Waals surface area (Å²) in [5, 5.41) is 0.412. The van der Waals surface area contributed by atoms with Crippen LogP contribution in [0.25, 0.3) is 0 Å². The number of benzene rings is 2. The molecule has 22 heavy (non-hydrogen) atoms. The SMILES string of the molecule is COc1c(F)cc(Cl)c2c1N(c1ccccc1N)CC2(C)C. The number of fused-ring (bicyclic) bond motifs is 1. The molecule has 1 aliphatic rings. The number of halogens is 2. The number of ether oxygens (including phenoxy) is 1. The van der Waals surface area contributed by atoms with Crippen LogP contribution in [-0.4, -0.2) is 13.7 Å². The maximum absolute atomic E-state index is 14.3. The van der Waals surface area contributed by atoms with Crippen molar-refractivity contribution in [1.29, 1.82) is 0 Å². The Morgan fingerprint density at radius 1 is 1.32 bits per heavy atom. The number of para-hydroxylation sites is 2. The zero-order valence-electron chi connectivity index (χ0n) is 12.8. The molecule has 0 unspecified atom stereocenters. The van der Waals surface area contributed by atoms with Crippen LogP contribution in [0, 0.1) is 5.82 Å². The summed E-state index contributed by atoms with van der Waals surface area (Å²) < 4.78 is 19.6. The molecule has 3 nitrogen and oxygen atoms in total. The van der Waals surface area contributed by atoms with Crippen molar-refractivity contribution >= 4 is 28.7 Å². The summed E-state index contributed by atoms with van der Waals surface area (Å²) >= 11 is 6.33. The zero-order chi connectivity index (χ0) is 16.1. The molecule has 0 saturated carbocycles. The quantitative estimate of drug-likeness (QED) is 0.828. The van der Waals surface area contributed by atoms with E-state index in [0.717, 1.165) is 11.3 Å². The number of anilines is 3. The van der Waals surface area contributed by atoms with Gasteiger partial charge >= 0.3 is 0 Å². The standard InChI is InChI=1S/C17H18ClFN2O/c1-17(2)9-21(13-7-5-4-6-12(13)20)15-14(17)10(18)8-11(19)16(15)22-3/h4-8H,9,20H2,1-3H3. The predicted molar refractivity (Wildman–Crippen MR) is 88.8 cm³/mol. The molecule has 0 aromatic heterocycles. The van der Waals surface area contributed by atoms with Crippen LogP contribution >= 0.6 is 11.6 Å². The van der Waals surface area contributed by atoms with Gasteiger partial charge in [0.05, 0.1) is 24.2 Å². The lowest BCUT2D eigenvalue weighted by atomic mass is 9.87. The van der Waals surface area contributed by atoms with Gasteiger partial charge in [0.25, 0.3) is 0 Å². The van der Waals surface area contributed by atoms with Crippen molar-refractivity contribution in [2.24, 2.45) is 0 Å². The maximum atomic E-state index is 14.3. The largest absolute Gasteiger partial charge is 0.492 e. The Hall–Kier alpha value is -1.94. The highest BCUT2D eigenvalue weighted by Crippen LogP contribution is 2.53. The summed E-state index contributed by atoms with van der Waals surface area (Å²) in [7, 11) is 1.46. The molecular weight excluding hydrogens is 303 g/mol. The van der Waals surface area contributed by atoms with E-state index in [9.17, 15) is 4.39 Å². The Balaban J connectivity index is 2.31. The minimum Gasteiger partial charge on any atom is -0.492 e. The summed E-state index contributed by atoms with van der Waals surface area (Å²) in [4.78, 5) is 1.98. The summed E-state index contributed by atoms with van der Waals surface area (Å²) in [6.45, 7) is 4.80.